The molecule has 1 N–H and O–H groups in total. The number of nitrogens with one attached hydrogen (secondary N) is 1. The van der Waals surface area contributed by atoms with Gasteiger partial charge in [0, 0.05) is 63.1 Å². The van der Waals surface area contributed by atoms with E-state index in [9.17, 15) is 10.1 Å². The number of aryl methyl sites for hydroxylation is 2. The minimum atomic E-state index is 0.102. The number of piperazine rings is 1. The topological polar surface area (TPSA) is 98.0 Å². The number of hydrogen-bond donors (Lipinski definition) is 1. The van der Waals surface area contributed by atoms with E-state index >= 15 is 0 Å². The molecule has 0 atom stereocenters. The second-order valence-electron chi connectivity index (χ2n) is 7.73. The summed E-state index contributed by atoms with van der Waals surface area (Å²) >= 11 is 0. The van der Waals surface area contributed by atoms with E-state index < -0.39 is 0 Å². The van der Waals surface area contributed by atoms with Crippen LogP contribution in [0.4, 0.5) is 11.6 Å². The Hall–Kier alpha value is -3.73. The van der Waals surface area contributed by atoms with Gasteiger partial charge in [-0.1, -0.05) is 11.6 Å². The van der Waals surface area contributed by atoms with Gasteiger partial charge in [0.05, 0.1) is 16.8 Å². The maximum atomic E-state index is 12.7. The lowest BCUT2D eigenvalue weighted by atomic mass is 10.0. The first-order valence-corrected chi connectivity index (χ1v) is 10.4. The van der Waals surface area contributed by atoms with E-state index in [0.29, 0.717) is 37.6 Å². The molecule has 4 rings (SSSR count). The molecule has 2 aromatic heterocycles. The molecule has 31 heavy (non-hydrogen) atoms. The highest BCUT2D eigenvalue weighted by molar-refractivity contribution is 5.96. The van der Waals surface area contributed by atoms with Crippen LogP contribution in [0.2, 0.25) is 0 Å². The number of anilines is 2. The maximum Gasteiger partial charge on any atom is 0.225 e. The van der Waals surface area contributed by atoms with Crippen molar-refractivity contribution in [2.45, 2.75) is 20.3 Å². The summed E-state index contributed by atoms with van der Waals surface area (Å²) in [5.74, 6) is 0.806. The van der Waals surface area contributed by atoms with Crippen LogP contribution in [0.3, 0.4) is 0 Å². The molecule has 1 aliphatic heterocycles. The van der Waals surface area contributed by atoms with Gasteiger partial charge >= 0.3 is 0 Å². The number of nitrogens with zero attached hydrogens (tertiary/aromatic N) is 6. The van der Waals surface area contributed by atoms with Gasteiger partial charge < -0.3 is 15.1 Å². The van der Waals surface area contributed by atoms with Crippen molar-refractivity contribution >= 4 is 28.4 Å². The predicted molar refractivity (Wildman–Crippen MR) is 120 cm³/mol. The zero-order valence-electron chi connectivity index (χ0n) is 17.8. The van der Waals surface area contributed by atoms with Crippen LogP contribution >= 0.6 is 0 Å². The lowest BCUT2D eigenvalue weighted by Crippen LogP contribution is -2.49. The van der Waals surface area contributed by atoms with Gasteiger partial charge in [-0.05, 0) is 31.5 Å². The summed E-state index contributed by atoms with van der Waals surface area (Å²) in [4.78, 5) is 29.7. The molecule has 1 aliphatic rings. The van der Waals surface area contributed by atoms with E-state index in [2.05, 4.69) is 37.3 Å². The second kappa shape index (κ2) is 8.96. The third-order valence-electron chi connectivity index (χ3n) is 5.53. The fourth-order valence-corrected chi connectivity index (χ4v) is 4.00. The molecule has 1 aromatic carbocycles. The largest absolute Gasteiger partial charge is 0.383 e. The summed E-state index contributed by atoms with van der Waals surface area (Å²) < 4.78 is 0. The van der Waals surface area contributed by atoms with Crippen molar-refractivity contribution < 1.29 is 4.79 Å². The molecule has 0 radical (unpaired) electrons. The highest BCUT2D eigenvalue weighted by atomic mass is 16.2. The molecule has 8 nitrogen and oxygen atoms in total. The molecular formula is C23H25N7O. The number of carbonyl (C=O) groups is 1. The summed E-state index contributed by atoms with van der Waals surface area (Å²) in [5, 5.41) is 13.8. The Labute approximate surface area is 181 Å². The Morgan fingerprint density at radius 1 is 1.13 bits per heavy atom. The third-order valence-corrected chi connectivity index (χ3v) is 5.53. The van der Waals surface area contributed by atoms with Crippen molar-refractivity contribution in [3.05, 3.63) is 53.5 Å². The SMILES string of the molecule is Cc1cc(C)c2ncc(C#N)c(NCCC(=O)N3CCN(c4ncccn4)CC3)c2c1. The van der Waals surface area contributed by atoms with Crippen molar-refractivity contribution in [3.63, 3.8) is 0 Å². The van der Waals surface area contributed by atoms with Gasteiger partial charge in [-0.15, -0.1) is 0 Å². The Balaban J connectivity index is 1.38. The molecule has 0 aliphatic carbocycles. The van der Waals surface area contributed by atoms with Crippen molar-refractivity contribution in [1.82, 2.24) is 19.9 Å². The highest BCUT2D eigenvalue weighted by Gasteiger charge is 2.22. The van der Waals surface area contributed by atoms with Crippen molar-refractivity contribution in [2.75, 3.05) is 42.9 Å². The molecule has 158 valence electrons. The minimum absolute atomic E-state index is 0.102. The van der Waals surface area contributed by atoms with Gasteiger partial charge in [0.25, 0.3) is 0 Å². The molecule has 0 spiro atoms. The van der Waals surface area contributed by atoms with Crippen molar-refractivity contribution in [2.24, 2.45) is 0 Å². The van der Waals surface area contributed by atoms with Crippen molar-refractivity contribution in [1.29, 1.82) is 5.26 Å². The lowest BCUT2D eigenvalue weighted by molar-refractivity contribution is -0.131. The number of fused-ring (bicyclic) bond motifs is 1. The van der Waals surface area contributed by atoms with E-state index in [4.69, 9.17) is 0 Å². The van der Waals surface area contributed by atoms with Crippen LogP contribution in [0.5, 0.6) is 0 Å². The lowest BCUT2D eigenvalue weighted by Gasteiger charge is -2.34. The van der Waals surface area contributed by atoms with Gasteiger partial charge in [0.2, 0.25) is 11.9 Å². The predicted octanol–water partition coefficient (Wildman–Crippen LogP) is 2.66. The van der Waals surface area contributed by atoms with Crippen LogP contribution in [0.1, 0.15) is 23.1 Å². The molecule has 1 fully saturated rings. The van der Waals surface area contributed by atoms with Gasteiger partial charge in [-0.25, -0.2) is 9.97 Å². The third kappa shape index (κ3) is 4.40. The maximum absolute atomic E-state index is 12.7. The van der Waals surface area contributed by atoms with Gasteiger partial charge in [-0.2, -0.15) is 5.26 Å². The first-order valence-electron chi connectivity index (χ1n) is 10.4. The van der Waals surface area contributed by atoms with Gasteiger partial charge in [0.1, 0.15) is 6.07 Å². The summed E-state index contributed by atoms with van der Waals surface area (Å²) in [6.07, 6.45) is 5.42. The smallest absolute Gasteiger partial charge is 0.225 e. The number of hydrogen-bond acceptors (Lipinski definition) is 7. The van der Waals surface area contributed by atoms with Crippen LogP contribution in [-0.2, 0) is 4.79 Å². The second-order valence-corrected chi connectivity index (χ2v) is 7.73. The van der Waals surface area contributed by atoms with E-state index in [1.165, 1.54) is 0 Å². The summed E-state index contributed by atoms with van der Waals surface area (Å²) in [5.41, 5.74) is 4.29. The van der Waals surface area contributed by atoms with Gasteiger partial charge in [-0.3, -0.25) is 9.78 Å². The minimum Gasteiger partial charge on any atom is -0.383 e. The number of benzene rings is 1. The summed E-state index contributed by atoms with van der Waals surface area (Å²) in [6, 6.07) is 8.12. The van der Waals surface area contributed by atoms with Crippen LogP contribution < -0.4 is 10.2 Å². The number of amides is 1. The fraction of sp³-hybridized carbons (Fsp3) is 0.348. The first kappa shape index (κ1) is 20.5. The van der Waals surface area contributed by atoms with Gasteiger partial charge in [0.15, 0.2) is 0 Å². The molecule has 0 saturated carbocycles. The molecule has 3 aromatic rings. The van der Waals surface area contributed by atoms with Crippen LogP contribution in [0.25, 0.3) is 10.9 Å². The zero-order valence-corrected chi connectivity index (χ0v) is 17.8. The fourth-order valence-electron chi connectivity index (χ4n) is 4.00. The summed E-state index contributed by atoms with van der Waals surface area (Å²) in [6.45, 7) is 7.24. The molecule has 8 heteroatoms. The normalized spacial score (nSPS) is 13.8. The van der Waals surface area contributed by atoms with Crippen molar-refractivity contribution in [3.8, 4) is 6.07 Å². The molecule has 0 bridgehead atoms. The highest BCUT2D eigenvalue weighted by Crippen LogP contribution is 2.28. The molecule has 1 amide bonds. The quantitative estimate of drug-likeness (QED) is 0.684. The molecular weight excluding hydrogens is 390 g/mol. The average molecular weight is 416 g/mol. The number of pyridine rings is 1. The van der Waals surface area contributed by atoms with E-state index in [1.807, 2.05) is 24.8 Å². The van der Waals surface area contributed by atoms with E-state index in [1.54, 1.807) is 24.7 Å². The summed E-state index contributed by atoms with van der Waals surface area (Å²) in [7, 11) is 0. The average Bonchev–Trinajstić information content (AvgIpc) is 2.79. The standard InChI is InChI=1S/C23H25N7O/c1-16-12-17(2)21-19(13-16)22(18(14-24)15-28-21)25-7-4-20(31)29-8-10-30(11-9-29)23-26-5-3-6-27-23/h3,5-6,12-13,15H,4,7-11H2,1-2H3,(H,25,28). The van der Waals surface area contributed by atoms with Crippen LogP contribution in [0, 0.1) is 25.2 Å². The molecule has 0 unspecified atom stereocenters. The van der Waals surface area contributed by atoms with Crippen LogP contribution in [-0.4, -0.2) is 58.5 Å². The zero-order chi connectivity index (χ0) is 21.8. The Kier molecular flexibility index (Phi) is 5.94. The first-order chi connectivity index (χ1) is 15.1. The number of nitriles is 1. The van der Waals surface area contributed by atoms with E-state index in [0.717, 1.165) is 40.8 Å². The number of aromatic nitrogens is 3. The molecule has 3 heterocycles. The number of carbonyl (C=O) groups excluding carboxylic acids is 1. The monoisotopic (exact) mass is 415 g/mol. The molecule has 1 saturated heterocycles. The Morgan fingerprint density at radius 2 is 1.87 bits per heavy atom. The van der Waals surface area contributed by atoms with Crippen LogP contribution in [0.15, 0.2) is 36.8 Å². The Morgan fingerprint density at radius 3 is 2.58 bits per heavy atom. The number of rotatable bonds is 5. The Bertz CT molecular complexity index is 1130. The van der Waals surface area contributed by atoms with E-state index in [-0.39, 0.29) is 5.91 Å².